The molecule has 3 aromatic rings. The van der Waals surface area contributed by atoms with Crippen LogP contribution in [-0.2, 0) is 9.53 Å². The minimum atomic E-state index is -0.267. The highest BCUT2D eigenvalue weighted by Gasteiger charge is 2.18. The lowest BCUT2D eigenvalue weighted by Gasteiger charge is -2.29. The Morgan fingerprint density at radius 3 is 2.48 bits per heavy atom. The molecular weight excluding hydrogens is 347 g/mol. The molecule has 0 radical (unpaired) electrons. The van der Waals surface area contributed by atoms with E-state index in [0.717, 1.165) is 27.8 Å². The van der Waals surface area contributed by atoms with Crippen LogP contribution in [0.25, 0.3) is 22.0 Å². The standard InChI is InChI=1S/C20H19FN4O2/c1-13(26)22-20-23-18-7-4-15(14-2-5-16(21)6-3-14)12-17(18)19(24-20)25-8-10-27-11-9-25/h2-7,12H,8-11H2,1H3,(H,22,23,24,26). The highest BCUT2D eigenvalue weighted by Crippen LogP contribution is 2.30. The van der Waals surface area contributed by atoms with Crippen LogP contribution in [0.5, 0.6) is 0 Å². The molecule has 1 N–H and O–H groups in total. The first-order valence-corrected chi connectivity index (χ1v) is 8.78. The number of aromatic nitrogens is 2. The van der Waals surface area contributed by atoms with Crippen LogP contribution in [0.2, 0.25) is 0 Å². The topological polar surface area (TPSA) is 67.4 Å². The molecule has 1 aromatic heterocycles. The van der Waals surface area contributed by atoms with Crippen LogP contribution in [0, 0.1) is 5.82 Å². The number of benzene rings is 2. The van der Waals surface area contributed by atoms with Gasteiger partial charge in [-0.2, -0.15) is 4.98 Å². The van der Waals surface area contributed by atoms with E-state index >= 15 is 0 Å². The van der Waals surface area contributed by atoms with E-state index in [2.05, 4.69) is 20.2 Å². The summed E-state index contributed by atoms with van der Waals surface area (Å²) in [7, 11) is 0. The maximum absolute atomic E-state index is 13.2. The third-order valence-corrected chi connectivity index (χ3v) is 4.45. The van der Waals surface area contributed by atoms with E-state index in [1.54, 1.807) is 12.1 Å². The second-order valence-electron chi connectivity index (χ2n) is 6.39. The first kappa shape index (κ1) is 17.4. The molecule has 1 saturated heterocycles. The Labute approximate surface area is 156 Å². The Bertz CT molecular complexity index is 985. The SMILES string of the molecule is CC(=O)Nc1nc(N2CCOCC2)c2cc(-c3ccc(F)cc3)ccc2n1. The number of carbonyl (C=O) groups excluding carboxylic acids is 1. The summed E-state index contributed by atoms with van der Waals surface area (Å²) in [5.41, 5.74) is 2.60. The summed E-state index contributed by atoms with van der Waals surface area (Å²) in [4.78, 5) is 22.6. The van der Waals surface area contributed by atoms with Crippen LogP contribution in [0.1, 0.15) is 6.92 Å². The van der Waals surface area contributed by atoms with Gasteiger partial charge in [0.05, 0.1) is 18.7 Å². The number of hydrogen-bond acceptors (Lipinski definition) is 5. The van der Waals surface area contributed by atoms with Gasteiger partial charge >= 0.3 is 0 Å². The predicted molar refractivity (Wildman–Crippen MR) is 102 cm³/mol. The van der Waals surface area contributed by atoms with Crippen molar-refractivity contribution in [2.24, 2.45) is 0 Å². The second kappa shape index (κ2) is 7.28. The van der Waals surface area contributed by atoms with Gasteiger partial charge in [0.25, 0.3) is 0 Å². The summed E-state index contributed by atoms with van der Waals surface area (Å²) >= 11 is 0. The minimum absolute atomic E-state index is 0.217. The third kappa shape index (κ3) is 3.73. The van der Waals surface area contributed by atoms with Crippen molar-refractivity contribution in [3.8, 4) is 11.1 Å². The van der Waals surface area contributed by atoms with E-state index in [0.29, 0.717) is 26.3 Å². The van der Waals surface area contributed by atoms with Crippen LogP contribution in [0.3, 0.4) is 0 Å². The van der Waals surface area contributed by atoms with E-state index in [9.17, 15) is 9.18 Å². The van der Waals surface area contributed by atoms with E-state index in [1.807, 2.05) is 18.2 Å². The molecule has 6 nitrogen and oxygen atoms in total. The fourth-order valence-corrected chi connectivity index (χ4v) is 3.16. The maximum atomic E-state index is 13.2. The number of fused-ring (bicyclic) bond motifs is 1. The molecule has 4 rings (SSSR count). The molecule has 27 heavy (non-hydrogen) atoms. The summed E-state index contributed by atoms with van der Waals surface area (Å²) in [6.45, 7) is 4.11. The number of hydrogen-bond donors (Lipinski definition) is 1. The summed E-state index contributed by atoms with van der Waals surface area (Å²) in [5, 5.41) is 3.55. The molecule has 0 saturated carbocycles. The van der Waals surface area contributed by atoms with Crippen molar-refractivity contribution in [3.05, 3.63) is 48.3 Å². The summed E-state index contributed by atoms with van der Waals surface area (Å²) in [6, 6.07) is 12.2. The first-order chi connectivity index (χ1) is 13.1. The largest absolute Gasteiger partial charge is 0.378 e. The van der Waals surface area contributed by atoms with Crippen molar-refractivity contribution in [1.29, 1.82) is 0 Å². The van der Waals surface area contributed by atoms with Crippen LogP contribution in [-0.4, -0.2) is 42.2 Å². The Morgan fingerprint density at radius 1 is 1.07 bits per heavy atom. The third-order valence-electron chi connectivity index (χ3n) is 4.45. The van der Waals surface area contributed by atoms with E-state index in [1.165, 1.54) is 19.1 Å². The highest BCUT2D eigenvalue weighted by atomic mass is 19.1. The molecule has 2 heterocycles. The molecule has 0 unspecified atom stereocenters. The summed E-state index contributed by atoms with van der Waals surface area (Å²) in [6.07, 6.45) is 0. The average molecular weight is 366 g/mol. The van der Waals surface area contributed by atoms with E-state index in [-0.39, 0.29) is 17.7 Å². The lowest BCUT2D eigenvalue weighted by molar-refractivity contribution is -0.114. The molecule has 2 aromatic carbocycles. The van der Waals surface area contributed by atoms with Crippen molar-refractivity contribution in [1.82, 2.24) is 9.97 Å². The first-order valence-electron chi connectivity index (χ1n) is 8.78. The van der Waals surface area contributed by atoms with Gasteiger partial charge in [0.15, 0.2) is 0 Å². The van der Waals surface area contributed by atoms with Gasteiger partial charge in [-0.15, -0.1) is 0 Å². The Kier molecular flexibility index (Phi) is 4.68. The van der Waals surface area contributed by atoms with Crippen LogP contribution in [0.15, 0.2) is 42.5 Å². The number of nitrogens with zero attached hydrogens (tertiary/aromatic N) is 3. The number of nitrogens with one attached hydrogen (secondary N) is 1. The number of rotatable bonds is 3. The van der Waals surface area contributed by atoms with Crippen molar-refractivity contribution >= 4 is 28.6 Å². The lowest BCUT2D eigenvalue weighted by atomic mass is 10.0. The van der Waals surface area contributed by atoms with Crippen molar-refractivity contribution in [2.45, 2.75) is 6.92 Å². The molecule has 0 bridgehead atoms. The Hall–Kier alpha value is -3.06. The second-order valence-corrected chi connectivity index (χ2v) is 6.39. The minimum Gasteiger partial charge on any atom is -0.378 e. The van der Waals surface area contributed by atoms with Gasteiger partial charge in [0.1, 0.15) is 11.6 Å². The monoisotopic (exact) mass is 366 g/mol. The summed E-state index contributed by atoms with van der Waals surface area (Å²) < 4.78 is 18.7. The van der Waals surface area contributed by atoms with Gasteiger partial charge in [0.2, 0.25) is 11.9 Å². The number of halogens is 1. The maximum Gasteiger partial charge on any atom is 0.231 e. The van der Waals surface area contributed by atoms with Gasteiger partial charge in [-0.25, -0.2) is 9.37 Å². The highest BCUT2D eigenvalue weighted by molar-refractivity contribution is 5.95. The zero-order valence-electron chi connectivity index (χ0n) is 14.9. The molecule has 1 aliphatic rings. The quantitative estimate of drug-likeness (QED) is 0.771. The molecular formula is C20H19FN4O2. The Balaban J connectivity index is 1.84. The smallest absolute Gasteiger partial charge is 0.231 e. The number of amides is 1. The lowest BCUT2D eigenvalue weighted by Crippen LogP contribution is -2.37. The zero-order valence-corrected chi connectivity index (χ0v) is 14.9. The number of anilines is 2. The van der Waals surface area contributed by atoms with Gasteiger partial charge in [-0.3, -0.25) is 10.1 Å². The summed E-state index contributed by atoms with van der Waals surface area (Å²) in [5.74, 6) is 0.559. The van der Waals surface area contributed by atoms with Gasteiger partial charge in [-0.05, 0) is 35.4 Å². The van der Waals surface area contributed by atoms with Crippen molar-refractivity contribution < 1.29 is 13.9 Å². The molecule has 1 amide bonds. The Morgan fingerprint density at radius 2 is 1.78 bits per heavy atom. The molecule has 138 valence electrons. The molecule has 0 aliphatic carbocycles. The number of morpholine rings is 1. The predicted octanol–water partition coefficient (Wildman–Crippen LogP) is 3.23. The van der Waals surface area contributed by atoms with E-state index in [4.69, 9.17) is 4.74 Å². The van der Waals surface area contributed by atoms with Gasteiger partial charge in [-0.1, -0.05) is 18.2 Å². The fourth-order valence-electron chi connectivity index (χ4n) is 3.16. The molecule has 1 aliphatic heterocycles. The molecule has 1 fully saturated rings. The molecule has 7 heteroatoms. The van der Waals surface area contributed by atoms with Gasteiger partial charge in [0, 0.05) is 25.4 Å². The van der Waals surface area contributed by atoms with E-state index < -0.39 is 0 Å². The number of carbonyl (C=O) groups is 1. The number of ether oxygens (including phenoxy) is 1. The zero-order chi connectivity index (χ0) is 18.8. The fraction of sp³-hybridized carbons (Fsp3) is 0.250. The normalized spacial score (nSPS) is 14.4. The average Bonchev–Trinajstić information content (AvgIpc) is 2.68. The van der Waals surface area contributed by atoms with Crippen LogP contribution >= 0.6 is 0 Å². The van der Waals surface area contributed by atoms with Gasteiger partial charge < -0.3 is 9.64 Å². The molecule has 0 spiro atoms. The molecule has 0 atom stereocenters. The van der Waals surface area contributed by atoms with Crippen LogP contribution in [0.4, 0.5) is 16.2 Å². The van der Waals surface area contributed by atoms with Crippen molar-refractivity contribution in [3.63, 3.8) is 0 Å². The van der Waals surface area contributed by atoms with Crippen molar-refractivity contribution in [2.75, 3.05) is 36.5 Å². The van der Waals surface area contributed by atoms with Crippen LogP contribution < -0.4 is 10.2 Å².